The highest BCUT2D eigenvalue weighted by molar-refractivity contribution is 5.94. The predicted octanol–water partition coefficient (Wildman–Crippen LogP) is 3.28. The van der Waals surface area contributed by atoms with Crippen molar-refractivity contribution in [3.8, 4) is 11.4 Å². The molecular formula is C23H27N5O2. The summed E-state index contributed by atoms with van der Waals surface area (Å²) in [6, 6.07) is 15.8. The predicted molar refractivity (Wildman–Crippen MR) is 116 cm³/mol. The molecule has 0 fully saturated rings. The van der Waals surface area contributed by atoms with E-state index in [-0.39, 0.29) is 17.9 Å². The van der Waals surface area contributed by atoms with Crippen LogP contribution in [0.2, 0.25) is 0 Å². The third-order valence-corrected chi connectivity index (χ3v) is 5.54. The maximum Gasteiger partial charge on any atom is 0.229 e. The first kappa shape index (κ1) is 19.9. The molecule has 30 heavy (non-hydrogen) atoms. The maximum atomic E-state index is 12.5. The number of rotatable bonds is 7. The Morgan fingerprint density at radius 1 is 1.20 bits per heavy atom. The molecule has 7 heteroatoms. The molecular weight excluding hydrogens is 378 g/mol. The van der Waals surface area contributed by atoms with Crippen LogP contribution in [0.3, 0.4) is 0 Å². The van der Waals surface area contributed by atoms with E-state index in [4.69, 9.17) is 0 Å². The summed E-state index contributed by atoms with van der Waals surface area (Å²) in [5.74, 6) is 0.883. The number of carbonyl (C=O) groups is 2. The molecule has 4 rings (SSSR count). The van der Waals surface area contributed by atoms with Gasteiger partial charge in [-0.2, -0.15) is 5.10 Å². The van der Waals surface area contributed by atoms with Gasteiger partial charge in [0.2, 0.25) is 11.8 Å². The van der Waals surface area contributed by atoms with Gasteiger partial charge in [-0.05, 0) is 31.0 Å². The van der Waals surface area contributed by atoms with E-state index in [0.717, 1.165) is 22.8 Å². The molecule has 1 atom stereocenters. The second-order valence-electron chi connectivity index (χ2n) is 7.71. The number of fused-ring (bicyclic) bond motifs is 1. The van der Waals surface area contributed by atoms with Crippen molar-refractivity contribution in [1.82, 2.24) is 19.7 Å². The third kappa shape index (κ3) is 4.15. The maximum absolute atomic E-state index is 12.5. The lowest BCUT2D eigenvalue weighted by Gasteiger charge is -2.27. The van der Waals surface area contributed by atoms with Gasteiger partial charge in [0.25, 0.3) is 0 Å². The summed E-state index contributed by atoms with van der Waals surface area (Å²) in [7, 11) is 1.98. The Bertz CT molecular complexity index is 1040. The van der Waals surface area contributed by atoms with Crippen LogP contribution in [0.5, 0.6) is 0 Å². The van der Waals surface area contributed by atoms with Gasteiger partial charge in [0.15, 0.2) is 0 Å². The van der Waals surface area contributed by atoms with Crippen molar-refractivity contribution in [3.05, 3.63) is 60.3 Å². The quantitative estimate of drug-likeness (QED) is 0.656. The van der Waals surface area contributed by atoms with E-state index in [2.05, 4.69) is 10.4 Å². The van der Waals surface area contributed by atoms with Crippen molar-refractivity contribution < 1.29 is 9.59 Å². The number of benzene rings is 1. The van der Waals surface area contributed by atoms with Crippen molar-refractivity contribution in [2.45, 2.75) is 38.8 Å². The molecule has 2 amide bonds. The van der Waals surface area contributed by atoms with Crippen LogP contribution in [0.25, 0.3) is 11.4 Å². The minimum Gasteiger partial charge on any atom is -0.350 e. The minimum atomic E-state index is -0.0374. The molecule has 0 aliphatic carbocycles. The molecule has 1 aliphatic heterocycles. The Morgan fingerprint density at radius 3 is 2.73 bits per heavy atom. The largest absolute Gasteiger partial charge is 0.350 e. The third-order valence-electron chi connectivity index (χ3n) is 5.54. The Morgan fingerprint density at radius 2 is 2.00 bits per heavy atom. The van der Waals surface area contributed by atoms with Crippen LogP contribution in [-0.2, 0) is 23.2 Å². The number of amides is 2. The zero-order valence-electron chi connectivity index (χ0n) is 17.4. The molecule has 0 saturated carbocycles. The van der Waals surface area contributed by atoms with Gasteiger partial charge in [-0.1, -0.05) is 30.3 Å². The topological polar surface area (TPSA) is 72.2 Å². The molecule has 0 radical (unpaired) electrons. The number of anilines is 1. The first-order valence-electron chi connectivity index (χ1n) is 10.4. The van der Waals surface area contributed by atoms with E-state index < -0.39 is 0 Å². The summed E-state index contributed by atoms with van der Waals surface area (Å²) in [5.41, 5.74) is 2.94. The van der Waals surface area contributed by atoms with Crippen LogP contribution in [0, 0.1) is 0 Å². The molecule has 0 saturated heterocycles. The van der Waals surface area contributed by atoms with Gasteiger partial charge >= 0.3 is 0 Å². The molecule has 1 unspecified atom stereocenters. The SMILES string of the molecule is CC(NC(=O)CCCN1C(=O)CCn2nc(-c3cccn3C)cc21)c1ccccc1. The van der Waals surface area contributed by atoms with Crippen LogP contribution < -0.4 is 10.2 Å². The number of carbonyl (C=O) groups excluding carboxylic acids is 2. The molecule has 1 aliphatic rings. The fraction of sp³-hybridized carbons (Fsp3) is 0.348. The second-order valence-corrected chi connectivity index (χ2v) is 7.71. The first-order valence-corrected chi connectivity index (χ1v) is 10.4. The molecule has 1 aromatic carbocycles. The Kier molecular flexibility index (Phi) is 5.70. The molecule has 7 nitrogen and oxygen atoms in total. The fourth-order valence-electron chi connectivity index (χ4n) is 3.88. The first-order chi connectivity index (χ1) is 14.5. The normalized spacial score (nSPS) is 14.5. The molecule has 1 N–H and O–H groups in total. The van der Waals surface area contributed by atoms with Gasteiger partial charge in [0.1, 0.15) is 11.5 Å². The molecule has 2 aromatic heterocycles. The minimum absolute atomic E-state index is 0.00572. The fourth-order valence-corrected chi connectivity index (χ4v) is 3.88. The smallest absolute Gasteiger partial charge is 0.229 e. The summed E-state index contributed by atoms with van der Waals surface area (Å²) >= 11 is 0. The van der Waals surface area contributed by atoms with Gasteiger partial charge in [0.05, 0.1) is 18.3 Å². The summed E-state index contributed by atoms with van der Waals surface area (Å²) in [6.07, 6.45) is 3.38. The van der Waals surface area contributed by atoms with Crippen LogP contribution in [0.1, 0.15) is 37.8 Å². The Balaban J connectivity index is 1.37. The number of aromatic nitrogens is 3. The van der Waals surface area contributed by atoms with Gasteiger partial charge < -0.3 is 9.88 Å². The van der Waals surface area contributed by atoms with Crippen LogP contribution in [0.15, 0.2) is 54.7 Å². The van der Waals surface area contributed by atoms with E-state index in [1.165, 1.54) is 0 Å². The summed E-state index contributed by atoms with van der Waals surface area (Å²) in [6.45, 7) is 3.07. The summed E-state index contributed by atoms with van der Waals surface area (Å²) < 4.78 is 3.90. The van der Waals surface area contributed by atoms with Crippen molar-refractivity contribution in [3.63, 3.8) is 0 Å². The van der Waals surface area contributed by atoms with Crippen molar-refractivity contribution in [1.29, 1.82) is 0 Å². The number of hydrogen-bond donors (Lipinski definition) is 1. The van der Waals surface area contributed by atoms with E-state index in [1.807, 2.05) is 77.9 Å². The second kappa shape index (κ2) is 8.57. The number of hydrogen-bond acceptors (Lipinski definition) is 3. The van der Waals surface area contributed by atoms with Crippen molar-refractivity contribution in [2.75, 3.05) is 11.4 Å². The lowest BCUT2D eigenvalue weighted by Crippen LogP contribution is -2.38. The van der Waals surface area contributed by atoms with E-state index in [1.54, 1.807) is 4.90 Å². The summed E-state index contributed by atoms with van der Waals surface area (Å²) in [5, 5.41) is 7.71. The average Bonchev–Trinajstić information content (AvgIpc) is 3.36. The zero-order chi connectivity index (χ0) is 21.1. The van der Waals surface area contributed by atoms with Crippen LogP contribution in [0.4, 0.5) is 5.82 Å². The molecule has 156 valence electrons. The highest BCUT2D eigenvalue weighted by Gasteiger charge is 2.26. The van der Waals surface area contributed by atoms with Crippen molar-refractivity contribution in [2.24, 2.45) is 7.05 Å². The Hall–Kier alpha value is -3.35. The lowest BCUT2D eigenvalue weighted by atomic mass is 10.1. The molecule has 3 aromatic rings. The number of nitrogens with one attached hydrogen (secondary N) is 1. The molecule has 3 heterocycles. The molecule has 0 bridgehead atoms. The Labute approximate surface area is 176 Å². The highest BCUT2D eigenvalue weighted by atomic mass is 16.2. The monoisotopic (exact) mass is 405 g/mol. The number of aryl methyl sites for hydroxylation is 2. The average molecular weight is 406 g/mol. The van der Waals surface area contributed by atoms with Crippen LogP contribution in [-0.4, -0.2) is 32.7 Å². The van der Waals surface area contributed by atoms with Crippen molar-refractivity contribution >= 4 is 17.6 Å². The van der Waals surface area contributed by atoms with Gasteiger partial charge in [-0.3, -0.25) is 14.5 Å². The lowest BCUT2D eigenvalue weighted by molar-refractivity contribution is -0.122. The number of nitrogens with zero attached hydrogens (tertiary/aromatic N) is 4. The van der Waals surface area contributed by atoms with Crippen LogP contribution >= 0.6 is 0 Å². The van der Waals surface area contributed by atoms with Gasteiger partial charge in [0, 0.05) is 38.7 Å². The zero-order valence-corrected chi connectivity index (χ0v) is 17.4. The van der Waals surface area contributed by atoms with E-state index in [9.17, 15) is 9.59 Å². The molecule has 0 spiro atoms. The standard InChI is InChI=1S/C23H27N5O2/c1-17(18-8-4-3-5-9-18)24-21(29)11-7-14-27-22-16-19(20-10-6-13-26(20)2)25-28(22)15-12-23(27)30/h3-6,8-10,13,16-17H,7,11-12,14-15H2,1-2H3,(H,24,29). The summed E-state index contributed by atoms with van der Waals surface area (Å²) in [4.78, 5) is 26.7. The highest BCUT2D eigenvalue weighted by Crippen LogP contribution is 2.28. The van der Waals surface area contributed by atoms with E-state index >= 15 is 0 Å². The van der Waals surface area contributed by atoms with E-state index in [0.29, 0.717) is 32.4 Å². The van der Waals surface area contributed by atoms with Gasteiger partial charge in [-0.15, -0.1) is 0 Å². The van der Waals surface area contributed by atoms with Gasteiger partial charge in [-0.25, -0.2) is 4.68 Å².